The molecule has 1 aliphatic heterocycles. The minimum absolute atomic E-state index is 0.0378. The van der Waals surface area contributed by atoms with E-state index in [0.717, 1.165) is 0 Å². The Labute approximate surface area is 187 Å². The van der Waals surface area contributed by atoms with Gasteiger partial charge in [0.05, 0.1) is 17.9 Å². The van der Waals surface area contributed by atoms with Gasteiger partial charge in [0.2, 0.25) is 0 Å². The van der Waals surface area contributed by atoms with Crippen molar-refractivity contribution < 1.29 is 32.2 Å². The van der Waals surface area contributed by atoms with E-state index in [9.17, 15) is 18.0 Å². The van der Waals surface area contributed by atoms with Gasteiger partial charge in [-0.2, -0.15) is 0 Å². The van der Waals surface area contributed by atoms with Crippen LogP contribution in [0.3, 0.4) is 0 Å². The van der Waals surface area contributed by atoms with Gasteiger partial charge in [-0.25, -0.2) is 8.42 Å². The number of sulfonamides is 1. The topological polar surface area (TPSA) is 111 Å². The standard InChI is InChI=1S/C22H26N2O7S/c1-4-24(14-15(2)22(26)29-3)21(25)16-5-7-17(8-6-16)23-32(27,28)18-9-10-19-20(13-18)31-12-11-30-19/h5-10,13,15,23H,4,11-12,14H2,1-3H3. The third kappa shape index (κ3) is 5.31. The Bertz CT molecular complexity index is 1080. The summed E-state index contributed by atoms with van der Waals surface area (Å²) in [6, 6.07) is 10.5. The zero-order chi connectivity index (χ0) is 23.3. The molecule has 32 heavy (non-hydrogen) atoms. The van der Waals surface area contributed by atoms with Gasteiger partial charge >= 0.3 is 5.97 Å². The summed E-state index contributed by atoms with van der Waals surface area (Å²) in [5, 5.41) is 0. The van der Waals surface area contributed by atoms with Crippen molar-refractivity contribution in [3.05, 3.63) is 48.0 Å². The van der Waals surface area contributed by atoms with Crippen molar-refractivity contribution in [2.24, 2.45) is 5.92 Å². The summed E-state index contributed by atoms with van der Waals surface area (Å²) in [6.45, 7) is 4.92. The van der Waals surface area contributed by atoms with Crippen LogP contribution in [0.15, 0.2) is 47.4 Å². The molecule has 0 aliphatic carbocycles. The minimum atomic E-state index is -3.86. The number of methoxy groups -OCH3 is 1. The summed E-state index contributed by atoms with van der Waals surface area (Å²) in [7, 11) is -2.55. The monoisotopic (exact) mass is 462 g/mol. The molecule has 0 spiro atoms. The number of fused-ring (bicyclic) bond motifs is 1. The lowest BCUT2D eigenvalue weighted by Gasteiger charge is -2.23. The number of nitrogens with zero attached hydrogens (tertiary/aromatic N) is 1. The summed E-state index contributed by atoms with van der Waals surface area (Å²) in [6.07, 6.45) is 0. The van der Waals surface area contributed by atoms with Crippen molar-refractivity contribution >= 4 is 27.6 Å². The van der Waals surface area contributed by atoms with Crippen LogP contribution >= 0.6 is 0 Å². The number of rotatable bonds is 8. The highest BCUT2D eigenvalue weighted by Crippen LogP contribution is 2.32. The van der Waals surface area contributed by atoms with Crippen LogP contribution in [-0.2, 0) is 19.6 Å². The van der Waals surface area contributed by atoms with E-state index in [2.05, 4.69) is 4.72 Å². The molecule has 1 heterocycles. The van der Waals surface area contributed by atoms with E-state index < -0.39 is 15.9 Å². The molecule has 0 fully saturated rings. The Morgan fingerprint density at radius 2 is 1.75 bits per heavy atom. The van der Waals surface area contributed by atoms with Crippen molar-refractivity contribution in [2.45, 2.75) is 18.7 Å². The Morgan fingerprint density at radius 3 is 2.38 bits per heavy atom. The molecule has 0 radical (unpaired) electrons. The second kappa shape index (κ2) is 9.90. The van der Waals surface area contributed by atoms with E-state index in [0.29, 0.717) is 42.5 Å². The molecule has 1 amide bonds. The molecular weight excluding hydrogens is 436 g/mol. The molecule has 10 heteroatoms. The van der Waals surface area contributed by atoms with Gasteiger partial charge in [-0.05, 0) is 43.3 Å². The molecular formula is C22H26N2O7S. The first-order valence-corrected chi connectivity index (χ1v) is 11.6. The number of ether oxygens (including phenoxy) is 3. The fraction of sp³-hybridized carbons (Fsp3) is 0.364. The number of carbonyl (C=O) groups is 2. The predicted octanol–water partition coefficient (Wildman–Crippen LogP) is 2.53. The van der Waals surface area contributed by atoms with E-state index in [-0.39, 0.29) is 23.3 Å². The van der Waals surface area contributed by atoms with Crippen LogP contribution in [0.1, 0.15) is 24.2 Å². The second-order valence-corrected chi connectivity index (χ2v) is 8.94. The molecule has 9 nitrogen and oxygen atoms in total. The summed E-state index contributed by atoms with van der Waals surface area (Å²) >= 11 is 0. The number of hydrogen-bond acceptors (Lipinski definition) is 7. The minimum Gasteiger partial charge on any atom is -0.486 e. The SMILES string of the molecule is CCN(CC(C)C(=O)OC)C(=O)c1ccc(NS(=O)(=O)c2ccc3c(c2)OCCO3)cc1. The smallest absolute Gasteiger partial charge is 0.310 e. The van der Waals surface area contributed by atoms with Gasteiger partial charge in [-0.3, -0.25) is 14.3 Å². The first-order valence-electron chi connectivity index (χ1n) is 10.1. The molecule has 0 saturated heterocycles. The number of nitrogens with one attached hydrogen (secondary N) is 1. The number of benzene rings is 2. The van der Waals surface area contributed by atoms with Crippen molar-refractivity contribution in [3.8, 4) is 11.5 Å². The Morgan fingerprint density at radius 1 is 1.09 bits per heavy atom. The second-order valence-electron chi connectivity index (χ2n) is 7.26. The number of hydrogen-bond donors (Lipinski definition) is 1. The maximum atomic E-state index is 12.8. The number of anilines is 1. The van der Waals surface area contributed by atoms with Crippen LogP contribution in [0, 0.1) is 5.92 Å². The van der Waals surface area contributed by atoms with E-state index in [1.807, 2.05) is 6.92 Å². The van der Waals surface area contributed by atoms with Crippen molar-refractivity contribution in [2.75, 3.05) is 38.1 Å². The largest absolute Gasteiger partial charge is 0.486 e. The number of amides is 1. The Kier molecular flexibility index (Phi) is 7.24. The van der Waals surface area contributed by atoms with E-state index in [1.54, 1.807) is 13.0 Å². The summed E-state index contributed by atoms with van der Waals surface area (Å²) in [4.78, 5) is 26.0. The summed E-state index contributed by atoms with van der Waals surface area (Å²) in [5.41, 5.74) is 0.689. The normalized spacial score (nSPS) is 13.7. The fourth-order valence-corrected chi connectivity index (χ4v) is 4.30. The molecule has 1 N–H and O–H groups in total. The lowest BCUT2D eigenvalue weighted by molar-refractivity contribution is -0.145. The first kappa shape index (κ1) is 23.4. The zero-order valence-corrected chi connectivity index (χ0v) is 19.0. The van der Waals surface area contributed by atoms with Crippen LogP contribution in [0.2, 0.25) is 0 Å². The highest BCUT2D eigenvalue weighted by Gasteiger charge is 2.22. The molecule has 0 saturated carbocycles. The number of esters is 1. The average molecular weight is 463 g/mol. The molecule has 0 bridgehead atoms. The van der Waals surface area contributed by atoms with Crippen LogP contribution < -0.4 is 14.2 Å². The Hall–Kier alpha value is -3.27. The lowest BCUT2D eigenvalue weighted by atomic mass is 10.1. The Balaban J connectivity index is 1.71. The third-order valence-corrected chi connectivity index (χ3v) is 6.35. The average Bonchev–Trinajstić information content (AvgIpc) is 2.81. The fourth-order valence-electron chi connectivity index (χ4n) is 3.23. The van der Waals surface area contributed by atoms with Crippen molar-refractivity contribution in [3.63, 3.8) is 0 Å². The highest BCUT2D eigenvalue weighted by atomic mass is 32.2. The van der Waals surface area contributed by atoms with E-state index in [4.69, 9.17) is 14.2 Å². The van der Waals surface area contributed by atoms with E-state index >= 15 is 0 Å². The molecule has 0 aromatic heterocycles. The zero-order valence-electron chi connectivity index (χ0n) is 18.2. The summed E-state index contributed by atoms with van der Waals surface area (Å²) in [5.74, 6) is -0.230. The molecule has 172 valence electrons. The van der Waals surface area contributed by atoms with Crippen LogP contribution in [0.5, 0.6) is 11.5 Å². The van der Waals surface area contributed by atoms with Gasteiger partial charge in [-0.15, -0.1) is 0 Å². The van der Waals surface area contributed by atoms with Crippen LogP contribution in [-0.4, -0.2) is 58.6 Å². The van der Waals surface area contributed by atoms with Gasteiger partial charge in [0.25, 0.3) is 15.9 Å². The van der Waals surface area contributed by atoms with Gasteiger partial charge in [0.15, 0.2) is 11.5 Å². The molecule has 2 aromatic carbocycles. The lowest BCUT2D eigenvalue weighted by Crippen LogP contribution is -2.37. The van der Waals surface area contributed by atoms with Crippen molar-refractivity contribution in [1.29, 1.82) is 0 Å². The van der Waals surface area contributed by atoms with Gasteiger partial charge in [0, 0.05) is 30.4 Å². The van der Waals surface area contributed by atoms with Gasteiger partial charge in [-0.1, -0.05) is 6.92 Å². The molecule has 1 unspecified atom stereocenters. The van der Waals surface area contributed by atoms with Gasteiger partial charge in [0.1, 0.15) is 13.2 Å². The maximum absolute atomic E-state index is 12.8. The number of carbonyl (C=O) groups excluding carboxylic acids is 2. The highest BCUT2D eigenvalue weighted by molar-refractivity contribution is 7.92. The predicted molar refractivity (Wildman–Crippen MR) is 117 cm³/mol. The summed E-state index contributed by atoms with van der Waals surface area (Å²) < 4.78 is 43.6. The molecule has 1 aliphatic rings. The van der Waals surface area contributed by atoms with Crippen LogP contribution in [0.4, 0.5) is 5.69 Å². The molecule has 3 rings (SSSR count). The van der Waals surface area contributed by atoms with Crippen LogP contribution in [0.25, 0.3) is 0 Å². The van der Waals surface area contributed by atoms with E-state index in [1.165, 1.54) is 48.4 Å². The molecule has 2 aromatic rings. The van der Waals surface area contributed by atoms with Crippen molar-refractivity contribution in [1.82, 2.24) is 4.90 Å². The van der Waals surface area contributed by atoms with Gasteiger partial charge < -0.3 is 19.1 Å². The molecule has 1 atom stereocenters. The quantitative estimate of drug-likeness (QED) is 0.600. The first-order chi connectivity index (χ1) is 15.2. The maximum Gasteiger partial charge on any atom is 0.310 e. The third-order valence-electron chi connectivity index (χ3n) is 4.97.